The lowest BCUT2D eigenvalue weighted by atomic mass is 10.1. The molecule has 0 aliphatic rings. The molecule has 0 heterocycles. The second-order valence-electron chi connectivity index (χ2n) is 6.91. The van der Waals surface area contributed by atoms with Crippen molar-refractivity contribution >= 4 is 23.4 Å². The fourth-order valence-corrected chi connectivity index (χ4v) is 2.66. The van der Waals surface area contributed by atoms with Gasteiger partial charge in [0.2, 0.25) is 0 Å². The van der Waals surface area contributed by atoms with Gasteiger partial charge in [-0.15, -0.1) is 0 Å². The van der Waals surface area contributed by atoms with Crippen molar-refractivity contribution < 1.29 is 19.1 Å². The zero-order valence-corrected chi connectivity index (χ0v) is 17.2. The van der Waals surface area contributed by atoms with Crippen LogP contribution in [0.1, 0.15) is 33.2 Å². The van der Waals surface area contributed by atoms with Crippen LogP contribution in [-0.4, -0.2) is 23.8 Å². The number of hydrazine groups is 1. The van der Waals surface area contributed by atoms with Crippen LogP contribution in [0.15, 0.2) is 78.9 Å². The Balaban J connectivity index is 1.49. The summed E-state index contributed by atoms with van der Waals surface area (Å²) in [6.07, 6.45) is -0.793. The molecule has 1 unspecified atom stereocenters. The van der Waals surface area contributed by atoms with Crippen molar-refractivity contribution in [2.45, 2.75) is 20.0 Å². The van der Waals surface area contributed by atoms with Gasteiger partial charge in [0.05, 0.1) is 0 Å². The summed E-state index contributed by atoms with van der Waals surface area (Å²) in [5.41, 5.74) is 7.20. The van der Waals surface area contributed by atoms with E-state index in [1.165, 1.54) is 0 Å². The van der Waals surface area contributed by atoms with E-state index in [4.69, 9.17) is 4.74 Å². The standard InChI is InChI=1S/C24H23N3O4/c1-16-8-14-21(15-9-16)31-17(2)22(28)26-27-24(30)19-10-12-20(13-11-19)25-23(29)18-6-4-3-5-7-18/h3-15,17H,1-2H3,(H,25,29)(H,26,28)(H,27,30). The molecule has 0 saturated carbocycles. The minimum absolute atomic E-state index is 0.243. The Morgan fingerprint density at radius 1 is 0.742 bits per heavy atom. The molecule has 158 valence electrons. The van der Waals surface area contributed by atoms with Crippen LogP contribution in [-0.2, 0) is 4.79 Å². The first kappa shape index (κ1) is 21.6. The van der Waals surface area contributed by atoms with Crippen LogP contribution < -0.4 is 20.9 Å². The molecule has 3 N–H and O–H groups in total. The Kier molecular flexibility index (Phi) is 7.01. The lowest BCUT2D eigenvalue weighted by Gasteiger charge is -2.15. The van der Waals surface area contributed by atoms with Crippen LogP contribution in [0.4, 0.5) is 5.69 Å². The van der Waals surface area contributed by atoms with E-state index in [0.29, 0.717) is 22.6 Å². The first-order valence-electron chi connectivity index (χ1n) is 9.72. The Hall–Kier alpha value is -4.13. The molecule has 0 bridgehead atoms. The number of carbonyl (C=O) groups excluding carboxylic acids is 3. The Morgan fingerprint density at radius 2 is 1.35 bits per heavy atom. The molecule has 0 aromatic heterocycles. The van der Waals surface area contributed by atoms with E-state index in [1.54, 1.807) is 67.6 Å². The van der Waals surface area contributed by atoms with Crippen LogP contribution in [0.2, 0.25) is 0 Å². The highest BCUT2D eigenvalue weighted by atomic mass is 16.5. The van der Waals surface area contributed by atoms with Crippen LogP contribution in [0, 0.1) is 6.92 Å². The maximum Gasteiger partial charge on any atom is 0.279 e. The predicted molar refractivity (Wildman–Crippen MR) is 118 cm³/mol. The van der Waals surface area contributed by atoms with Gasteiger partial charge in [-0.1, -0.05) is 35.9 Å². The van der Waals surface area contributed by atoms with Crippen LogP contribution in [0.3, 0.4) is 0 Å². The number of aryl methyl sites for hydroxylation is 1. The quantitative estimate of drug-likeness (QED) is 0.535. The Labute approximate surface area is 180 Å². The molecule has 7 nitrogen and oxygen atoms in total. The molecule has 1 atom stereocenters. The van der Waals surface area contributed by atoms with Crippen LogP contribution in [0.25, 0.3) is 0 Å². The van der Waals surface area contributed by atoms with E-state index in [9.17, 15) is 14.4 Å². The van der Waals surface area contributed by atoms with E-state index in [2.05, 4.69) is 16.2 Å². The van der Waals surface area contributed by atoms with E-state index in [1.807, 2.05) is 25.1 Å². The molecule has 3 rings (SSSR count). The molecule has 0 fully saturated rings. The zero-order valence-electron chi connectivity index (χ0n) is 17.2. The molecule has 3 amide bonds. The fraction of sp³-hybridized carbons (Fsp3) is 0.125. The SMILES string of the molecule is Cc1ccc(OC(C)C(=O)NNC(=O)c2ccc(NC(=O)c3ccccc3)cc2)cc1. The van der Waals surface area contributed by atoms with Crippen LogP contribution in [0.5, 0.6) is 5.75 Å². The van der Waals surface area contributed by atoms with E-state index in [0.717, 1.165) is 5.56 Å². The lowest BCUT2D eigenvalue weighted by Crippen LogP contribution is -2.47. The normalized spacial score (nSPS) is 11.2. The number of carbonyl (C=O) groups is 3. The van der Waals surface area contributed by atoms with Gasteiger partial charge in [-0.3, -0.25) is 25.2 Å². The molecule has 0 aliphatic heterocycles. The Bertz CT molecular complexity index is 1050. The van der Waals surface area contributed by atoms with Crippen LogP contribution >= 0.6 is 0 Å². The largest absolute Gasteiger partial charge is 0.481 e. The summed E-state index contributed by atoms with van der Waals surface area (Å²) >= 11 is 0. The number of hydrogen-bond acceptors (Lipinski definition) is 4. The molecule has 0 saturated heterocycles. The molecule has 3 aromatic carbocycles. The van der Waals surface area contributed by atoms with Gasteiger partial charge in [0, 0.05) is 16.8 Å². The van der Waals surface area contributed by atoms with Crippen molar-refractivity contribution in [3.8, 4) is 5.75 Å². The first-order valence-corrected chi connectivity index (χ1v) is 9.72. The van der Waals surface area contributed by atoms with Gasteiger partial charge < -0.3 is 10.1 Å². The number of hydrogen-bond donors (Lipinski definition) is 3. The molecular weight excluding hydrogens is 394 g/mol. The number of ether oxygens (including phenoxy) is 1. The lowest BCUT2D eigenvalue weighted by molar-refractivity contribution is -0.128. The van der Waals surface area contributed by atoms with Crippen molar-refractivity contribution in [3.05, 3.63) is 95.6 Å². The molecule has 3 aromatic rings. The highest BCUT2D eigenvalue weighted by Crippen LogP contribution is 2.14. The van der Waals surface area contributed by atoms with E-state index in [-0.39, 0.29) is 5.91 Å². The van der Waals surface area contributed by atoms with E-state index < -0.39 is 17.9 Å². The summed E-state index contributed by atoms with van der Waals surface area (Å²) in [5, 5.41) is 2.76. The topological polar surface area (TPSA) is 96.5 Å². The number of rotatable bonds is 6. The fourth-order valence-electron chi connectivity index (χ4n) is 2.66. The summed E-state index contributed by atoms with van der Waals surface area (Å²) in [6, 6.07) is 22.5. The summed E-state index contributed by atoms with van der Waals surface area (Å²) in [7, 11) is 0. The first-order chi connectivity index (χ1) is 14.9. The highest BCUT2D eigenvalue weighted by Gasteiger charge is 2.16. The highest BCUT2D eigenvalue weighted by molar-refractivity contribution is 6.04. The van der Waals surface area contributed by atoms with Gasteiger partial charge in [0.15, 0.2) is 6.10 Å². The van der Waals surface area contributed by atoms with Gasteiger partial charge in [-0.25, -0.2) is 0 Å². The van der Waals surface area contributed by atoms with Gasteiger partial charge in [-0.2, -0.15) is 0 Å². The molecule has 7 heteroatoms. The van der Waals surface area contributed by atoms with Crippen molar-refractivity contribution in [1.82, 2.24) is 10.9 Å². The number of amides is 3. The van der Waals surface area contributed by atoms with Gasteiger partial charge in [-0.05, 0) is 62.4 Å². The monoisotopic (exact) mass is 417 g/mol. The number of benzene rings is 3. The van der Waals surface area contributed by atoms with Crippen molar-refractivity contribution in [1.29, 1.82) is 0 Å². The summed E-state index contributed by atoms with van der Waals surface area (Å²) in [5.74, 6) is -0.655. The molecular formula is C24H23N3O4. The average molecular weight is 417 g/mol. The molecule has 0 aliphatic carbocycles. The van der Waals surface area contributed by atoms with Gasteiger partial charge in [0.1, 0.15) is 5.75 Å². The summed E-state index contributed by atoms with van der Waals surface area (Å²) in [4.78, 5) is 36.6. The summed E-state index contributed by atoms with van der Waals surface area (Å²) in [6.45, 7) is 3.55. The maximum absolute atomic E-state index is 12.3. The minimum atomic E-state index is -0.793. The van der Waals surface area contributed by atoms with Crippen molar-refractivity contribution in [3.63, 3.8) is 0 Å². The van der Waals surface area contributed by atoms with E-state index >= 15 is 0 Å². The number of anilines is 1. The Morgan fingerprint density at radius 3 is 2.00 bits per heavy atom. The summed E-state index contributed by atoms with van der Waals surface area (Å²) < 4.78 is 5.55. The average Bonchev–Trinajstić information content (AvgIpc) is 2.79. The molecule has 0 radical (unpaired) electrons. The third-order valence-corrected chi connectivity index (χ3v) is 4.44. The minimum Gasteiger partial charge on any atom is -0.481 e. The predicted octanol–water partition coefficient (Wildman–Crippen LogP) is 3.48. The smallest absolute Gasteiger partial charge is 0.279 e. The maximum atomic E-state index is 12.3. The molecule has 31 heavy (non-hydrogen) atoms. The van der Waals surface area contributed by atoms with Gasteiger partial charge >= 0.3 is 0 Å². The van der Waals surface area contributed by atoms with Crippen molar-refractivity contribution in [2.75, 3.05) is 5.32 Å². The third-order valence-electron chi connectivity index (χ3n) is 4.44. The zero-order chi connectivity index (χ0) is 22.2. The van der Waals surface area contributed by atoms with Crippen molar-refractivity contribution in [2.24, 2.45) is 0 Å². The third kappa shape index (κ3) is 6.17. The second kappa shape index (κ2) is 10.1. The second-order valence-corrected chi connectivity index (χ2v) is 6.91. The van der Waals surface area contributed by atoms with Gasteiger partial charge in [0.25, 0.3) is 17.7 Å². The molecule has 0 spiro atoms. The number of nitrogens with one attached hydrogen (secondary N) is 3.